The molecule has 0 fully saturated rings. The van der Waals surface area contributed by atoms with E-state index in [-0.39, 0.29) is 18.7 Å². The Kier molecular flexibility index (Phi) is 6.88. The van der Waals surface area contributed by atoms with Crippen LogP contribution in [0.1, 0.15) is 33.5 Å². The van der Waals surface area contributed by atoms with Crippen LogP contribution in [-0.4, -0.2) is 29.2 Å². The minimum absolute atomic E-state index is 0.0351. The summed E-state index contributed by atoms with van der Waals surface area (Å²) in [6.07, 6.45) is -4.64. The van der Waals surface area contributed by atoms with Crippen molar-refractivity contribution in [2.75, 3.05) is 6.54 Å². The highest BCUT2D eigenvalue weighted by molar-refractivity contribution is 6.34. The zero-order chi connectivity index (χ0) is 24.3. The van der Waals surface area contributed by atoms with Crippen LogP contribution >= 0.6 is 11.6 Å². The van der Waals surface area contributed by atoms with Gasteiger partial charge in [-0.3, -0.25) is 4.79 Å². The normalized spacial score (nSPS) is 15.6. The highest BCUT2D eigenvalue weighted by atomic mass is 35.5. The molecular formula is C25H19ClF4N2O2. The largest absolute Gasteiger partial charge is 0.416 e. The molecule has 1 amide bonds. The van der Waals surface area contributed by atoms with Crippen LogP contribution in [0.3, 0.4) is 0 Å². The molecule has 0 saturated carbocycles. The second kappa shape index (κ2) is 9.85. The van der Waals surface area contributed by atoms with E-state index in [2.05, 4.69) is 5.16 Å². The maximum atomic E-state index is 14.3. The Bertz CT molecular complexity index is 1210. The summed E-state index contributed by atoms with van der Waals surface area (Å²) >= 11 is 6.24. The first-order valence-electron chi connectivity index (χ1n) is 10.4. The summed E-state index contributed by atoms with van der Waals surface area (Å²) in [5, 5.41) is 4.60. The number of amides is 1. The second-order valence-corrected chi connectivity index (χ2v) is 8.22. The molecule has 1 heterocycles. The fraction of sp³-hybridized carbons (Fsp3) is 0.200. The fourth-order valence-electron chi connectivity index (χ4n) is 3.67. The Labute approximate surface area is 198 Å². The summed E-state index contributed by atoms with van der Waals surface area (Å²) in [6, 6.07) is 17.2. The summed E-state index contributed by atoms with van der Waals surface area (Å²) in [6.45, 7) is 0.0121. The lowest BCUT2D eigenvalue weighted by Gasteiger charge is -2.25. The van der Waals surface area contributed by atoms with Crippen LogP contribution in [0.2, 0.25) is 5.02 Å². The van der Waals surface area contributed by atoms with Crippen molar-refractivity contribution in [2.24, 2.45) is 5.16 Å². The maximum Gasteiger partial charge on any atom is 0.416 e. The van der Waals surface area contributed by atoms with Gasteiger partial charge in [0.2, 0.25) is 0 Å². The molecule has 0 spiro atoms. The van der Waals surface area contributed by atoms with Crippen LogP contribution in [0.15, 0.2) is 78.0 Å². The number of halogens is 5. The van der Waals surface area contributed by atoms with Gasteiger partial charge in [0.05, 0.1) is 23.4 Å². The third-order valence-corrected chi connectivity index (χ3v) is 5.72. The first-order valence-corrected chi connectivity index (χ1v) is 10.8. The third kappa shape index (κ3) is 5.39. The van der Waals surface area contributed by atoms with Crippen LogP contribution in [0.4, 0.5) is 17.6 Å². The number of rotatable bonds is 6. The lowest BCUT2D eigenvalue weighted by Crippen LogP contribution is -2.37. The zero-order valence-electron chi connectivity index (χ0n) is 17.7. The molecule has 0 radical (unpaired) electrons. The van der Waals surface area contributed by atoms with Crippen molar-refractivity contribution in [3.8, 4) is 0 Å². The smallest absolute Gasteiger partial charge is 0.390 e. The van der Waals surface area contributed by atoms with Gasteiger partial charge in [-0.25, -0.2) is 4.39 Å². The molecule has 0 aliphatic carbocycles. The summed E-state index contributed by atoms with van der Waals surface area (Å²) in [4.78, 5) is 20.0. The molecule has 0 N–H and O–H groups in total. The number of carbonyl (C=O) groups is 1. The van der Waals surface area contributed by atoms with Gasteiger partial charge in [-0.15, -0.1) is 0 Å². The number of alkyl halides is 3. The molecule has 0 saturated heterocycles. The number of hydrogen-bond donors (Lipinski definition) is 0. The molecule has 4 nitrogen and oxygen atoms in total. The molecule has 3 aromatic rings. The molecule has 9 heteroatoms. The minimum Gasteiger partial charge on any atom is -0.390 e. The van der Waals surface area contributed by atoms with Crippen LogP contribution in [0.25, 0.3) is 0 Å². The van der Waals surface area contributed by atoms with Gasteiger partial charge in [-0.2, -0.15) is 13.2 Å². The third-order valence-electron chi connectivity index (χ3n) is 5.39. The number of hydrogen-bond acceptors (Lipinski definition) is 3. The monoisotopic (exact) mass is 490 g/mol. The zero-order valence-corrected chi connectivity index (χ0v) is 18.5. The molecule has 34 heavy (non-hydrogen) atoms. The average Bonchev–Trinajstić information content (AvgIpc) is 3.27. The second-order valence-electron chi connectivity index (χ2n) is 7.81. The van der Waals surface area contributed by atoms with Crippen molar-refractivity contribution in [3.63, 3.8) is 0 Å². The maximum absolute atomic E-state index is 14.3. The van der Waals surface area contributed by atoms with E-state index in [0.29, 0.717) is 28.3 Å². The van der Waals surface area contributed by atoms with E-state index in [1.807, 2.05) is 6.07 Å². The lowest BCUT2D eigenvalue weighted by atomic mass is 10.0. The van der Waals surface area contributed by atoms with Gasteiger partial charge >= 0.3 is 6.18 Å². The minimum atomic E-state index is -4.47. The number of carbonyl (C=O) groups excluding carboxylic acids is 1. The molecule has 0 bridgehead atoms. The Balaban J connectivity index is 1.54. The summed E-state index contributed by atoms with van der Waals surface area (Å²) < 4.78 is 53.0. The molecule has 1 aliphatic heterocycles. The first kappa shape index (κ1) is 23.8. The predicted octanol–water partition coefficient (Wildman–Crippen LogP) is 6.33. The molecule has 3 aromatic carbocycles. The quantitative estimate of drug-likeness (QED) is 0.379. The SMILES string of the molecule is O=C(c1ccccc1F)N(Cc1ccc(C(F)(F)F)cc1)C[C@H]1CC(c2ccccc2Cl)=NO1. The number of benzene rings is 3. The molecule has 0 aromatic heterocycles. The summed E-state index contributed by atoms with van der Waals surface area (Å²) in [7, 11) is 0. The van der Waals surface area contributed by atoms with Crippen molar-refractivity contribution in [3.05, 3.63) is 106 Å². The predicted molar refractivity (Wildman–Crippen MR) is 120 cm³/mol. The van der Waals surface area contributed by atoms with Crippen LogP contribution < -0.4 is 0 Å². The van der Waals surface area contributed by atoms with Crippen molar-refractivity contribution < 1.29 is 27.2 Å². The van der Waals surface area contributed by atoms with Gasteiger partial charge in [-0.05, 0) is 35.9 Å². The first-order chi connectivity index (χ1) is 16.2. The van der Waals surface area contributed by atoms with Crippen LogP contribution in [0.5, 0.6) is 0 Å². The van der Waals surface area contributed by atoms with Crippen molar-refractivity contribution in [1.82, 2.24) is 4.90 Å². The Morgan fingerprint density at radius 3 is 2.38 bits per heavy atom. The van der Waals surface area contributed by atoms with E-state index in [0.717, 1.165) is 12.1 Å². The standard InChI is InChI=1S/C25H19ClF4N2O2/c26-21-7-3-1-5-19(21)23-13-18(34-31-23)15-32(24(33)20-6-2-4-8-22(20)27)14-16-9-11-17(12-10-16)25(28,29)30/h1-12,18H,13-15H2/t18-/m1/s1. The van der Waals surface area contributed by atoms with Gasteiger partial charge in [0.15, 0.2) is 6.10 Å². The van der Waals surface area contributed by atoms with Gasteiger partial charge in [-0.1, -0.05) is 59.2 Å². The Morgan fingerprint density at radius 1 is 1.03 bits per heavy atom. The summed E-state index contributed by atoms with van der Waals surface area (Å²) in [5.41, 5.74) is 0.854. The van der Waals surface area contributed by atoms with E-state index < -0.39 is 29.6 Å². The Hall–Kier alpha value is -3.39. The molecule has 1 atom stereocenters. The number of oxime groups is 1. The van der Waals surface area contributed by atoms with Crippen LogP contribution in [-0.2, 0) is 17.6 Å². The molecule has 4 rings (SSSR count). The van der Waals surface area contributed by atoms with E-state index in [9.17, 15) is 22.4 Å². The van der Waals surface area contributed by atoms with Gasteiger partial charge in [0.25, 0.3) is 5.91 Å². The van der Waals surface area contributed by atoms with Gasteiger partial charge in [0, 0.05) is 23.6 Å². The lowest BCUT2D eigenvalue weighted by molar-refractivity contribution is -0.137. The van der Waals surface area contributed by atoms with E-state index >= 15 is 0 Å². The van der Waals surface area contributed by atoms with E-state index in [1.165, 1.54) is 41.3 Å². The highest BCUT2D eigenvalue weighted by Gasteiger charge is 2.31. The van der Waals surface area contributed by atoms with Crippen LogP contribution in [0, 0.1) is 5.82 Å². The Morgan fingerprint density at radius 2 is 1.71 bits per heavy atom. The number of nitrogens with zero attached hydrogens (tertiary/aromatic N) is 2. The van der Waals surface area contributed by atoms with Crippen molar-refractivity contribution in [1.29, 1.82) is 0 Å². The topological polar surface area (TPSA) is 41.9 Å². The van der Waals surface area contributed by atoms with Crippen molar-refractivity contribution in [2.45, 2.75) is 25.2 Å². The summed E-state index contributed by atoms with van der Waals surface area (Å²) in [5.74, 6) is -1.29. The van der Waals surface area contributed by atoms with Gasteiger partial charge in [0.1, 0.15) is 5.82 Å². The van der Waals surface area contributed by atoms with Crippen molar-refractivity contribution >= 4 is 23.2 Å². The highest BCUT2D eigenvalue weighted by Crippen LogP contribution is 2.30. The average molecular weight is 491 g/mol. The molecule has 176 valence electrons. The molecule has 1 aliphatic rings. The van der Waals surface area contributed by atoms with E-state index in [4.69, 9.17) is 16.4 Å². The fourth-order valence-corrected chi connectivity index (χ4v) is 3.91. The molecule has 0 unspecified atom stereocenters. The van der Waals surface area contributed by atoms with E-state index in [1.54, 1.807) is 18.2 Å². The van der Waals surface area contributed by atoms with Gasteiger partial charge < -0.3 is 9.74 Å². The molecular weight excluding hydrogens is 472 g/mol.